The lowest BCUT2D eigenvalue weighted by atomic mass is 10.2. The zero-order valence-corrected chi connectivity index (χ0v) is 17.0. The second-order valence-corrected chi connectivity index (χ2v) is 6.39. The monoisotopic (exact) mass is 416 g/mol. The van der Waals surface area contributed by atoms with E-state index in [0.717, 1.165) is 5.56 Å². The number of para-hydroxylation sites is 2. The maximum absolute atomic E-state index is 12.0. The highest BCUT2D eigenvalue weighted by Crippen LogP contribution is 2.24. The van der Waals surface area contributed by atoms with Crippen molar-refractivity contribution in [3.05, 3.63) is 60.2 Å². The third-order valence-electron chi connectivity index (χ3n) is 3.73. The van der Waals surface area contributed by atoms with Crippen molar-refractivity contribution in [3.8, 4) is 5.75 Å². The van der Waals surface area contributed by atoms with Crippen molar-refractivity contribution < 1.29 is 23.8 Å². The Morgan fingerprint density at radius 1 is 0.966 bits per heavy atom. The highest BCUT2D eigenvalue weighted by Gasteiger charge is 2.11. The summed E-state index contributed by atoms with van der Waals surface area (Å²) >= 11 is 5.18. The third-order valence-corrected chi connectivity index (χ3v) is 3.94. The molecule has 29 heavy (non-hydrogen) atoms. The molecule has 0 saturated carbocycles. The third kappa shape index (κ3) is 8.71. The molecular weight excluding hydrogens is 392 g/mol. The van der Waals surface area contributed by atoms with Crippen LogP contribution in [0.25, 0.3) is 0 Å². The van der Waals surface area contributed by atoms with E-state index in [2.05, 4.69) is 10.6 Å². The quantitative estimate of drug-likeness (QED) is 0.350. The lowest BCUT2D eigenvalue weighted by Crippen LogP contribution is -2.34. The van der Waals surface area contributed by atoms with Gasteiger partial charge in [0.1, 0.15) is 19.0 Å². The van der Waals surface area contributed by atoms with Gasteiger partial charge in [0, 0.05) is 13.5 Å². The molecule has 2 rings (SSSR count). The summed E-state index contributed by atoms with van der Waals surface area (Å²) in [5.74, 6) is -0.237. The highest BCUT2D eigenvalue weighted by atomic mass is 32.1. The van der Waals surface area contributed by atoms with Gasteiger partial charge in [-0.05, 0) is 29.9 Å². The van der Waals surface area contributed by atoms with Crippen molar-refractivity contribution in [2.75, 3.05) is 25.6 Å². The molecule has 154 valence electrons. The van der Waals surface area contributed by atoms with Crippen LogP contribution in [0.4, 0.5) is 5.69 Å². The molecule has 1 amide bonds. The summed E-state index contributed by atoms with van der Waals surface area (Å²) in [5, 5.41) is 5.62. The Balaban J connectivity index is 1.79. The number of thiocarbonyl (C=S) groups is 1. The first-order valence-electron chi connectivity index (χ1n) is 9.09. The lowest BCUT2D eigenvalue weighted by molar-refractivity contribution is -0.146. The molecule has 8 heteroatoms. The van der Waals surface area contributed by atoms with Crippen LogP contribution < -0.4 is 15.4 Å². The highest BCUT2D eigenvalue weighted by molar-refractivity contribution is 7.80. The predicted octanol–water partition coefficient (Wildman–Crippen LogP) is 3.05. The van der Waals surface area contributed by atoms with Crippen LogP contribution in [-0.4, -0.2) is 37.3 Å². The minimum absolute atomic E-state index is 0.0280. The normalized spacial score (nSPS) is 10.1. The van der Waals surface area contributed by atoms with E-state index < -0.39 is 5.97 Å². The Kier molecular flexibility index (Phi) is 9.61. The first-order valence-corrected chi connectivity index (χ1v) is 9.50. The van der Waals surface area contributed by atoms with Gasteiger partial charge in [-0.1, -0.05) is 42.5 Å². The number of carbonyl (C=O) groups excluding carboxylic acids is 2. The van der Waals surface area contributed by atoms with Gasteiger partial charge in [0.05, 0.1) is 18.7 Å². The van der Waals surface area contributed by atoms with Crippen LogP contribution in [-0.2, 0) is 25.7 Å². The molecule has 0 aliphatic carbocycles. The maximum Gasteiger partial charge on any atom is 0.306 e. The largest absolute Gasteiger partial charge is 0.487 e. The van der Waals surface area contributed by atoms with Gasteiger partial charge in [-0.2, -0.15) is 0 Å². The van der Waals surface area contributed by atoms with Gasteiger partial charge in [0.15, 0.2) is 5.11 Å². The standard InChI is InChI=1S/C21H24N2O5S/c1-26-13-14-27-20(25)12-11-19(24)23-21(29)22-17-9-5-6-10-18(17)28-15-16-7-3-2-4-8-16/h2-10H,11-15H2,1H3,(H2,22,23,24,29). The van der Waals surface area contributed by atoms with Gasteiger partial charge < -0.3 is 24.8 Å². The van der Waals surface area contributed by atoms with Gasteiger partial charge in [-0.3, -0.25) is 9.59 Å². The van der Waals surface area contributed by atoms with Gasteiger partial charge in [-0.15, -0.1) is 0 Å². The summed E-state index contributed by atoms with van der Waals surface area (Å²) in [6.45, 7) is 0.887. The number of rotatable bonds is 10. The van der Waals surface area contributed by atoms with Crippen LogP contribution in [0.2, 0.25) is 0 Å². The first-order chi connectivity index (χ1) is 14.1. The number of carbonyl (C=O) groups is 2. The minimum Gasteiger partial charge on any atom is -0.487 e. The predicted molar refractivity (Wildman–Crippen MR) is 114 cm³/mol. The van der Waals surface area contributed by atoms with Gasteiger partial charge in [-0.25, -0.2) is 0 Å². The molecule has 7 nitrogen and oxygen atoms in total. The molecule has 0 unspecified atom stereocenters. The summed E-state index contributed by atoms with van der Waals surface area (Å²) in [6.07, 6.45) is -0.0608. The fourth-order valence-corrected chi connectivity index (χ4v) is 2.52. The fourth-order valence-electron chi connectivity index (χ4n) is 2.30. The number of methoxy groups -OCH3 is 1. The molecule has 0 heterocycles. The molecule has 2 aromatic rings. The van der Waals surface area contributed by atoms with Crippen LogP contribution in [0.1, 0.15) is 18.4 Å². The molecule has 0 atom stereocenters. The van der Waals surface area contributed by atoms with Crippen molar-refractivity contribution in [2.45, 2.75) is 19.4 Å². The van der Waals surface area contributed by atoms with E-state index >= 15 is 0 Å². The van der Waals surface area contributed by atoms with E-state index in [1.165, 1.54) is 7.11 Å². The van der Waals surface area contributed by atoms with Gasteiger partial charge in [0.25, 0.3) is 0 Å². The van der Waals surface area contributed by atoms with Gasteiger partial charge in [0.2, 0.25) is 5.91 Å². The zero-order valence-electron chi connectivity index (χ0n) is 16.2. The molecule has 2 aromatic carbocycles. The van der Waals surface area contributed by atoms with E-state index in [1.807, 2.05) is 48.5 Å². The molecule has 0 aromatic heterocycles. The summed E-state index contributed by atoms with van der Waals surface area (Å²) in [7, 11) is 1.51. The van der Waals surface area contributed by atoms with Crippen molar-refractivity contribution in [2.24, 2.45) is 0 Å². The lowest BCUT2D eigenvalue weighted by Gasteiger charge is -2.14. The first kappa shape index (κ1) is 22.3. The summed E-state index contributed by atoms with van der Waals surface area (Å²) in [5.41, 5.74) is 1.67. The minimum atomic E-state index is -0.462. The molecule has 0 radical (unpaired) electrons. The van der Waals surface area contributed by atoms with E-state index in [4.69, 9.17) is 26.4 Å². The number of esters is 1. The van der Waals surface area contributed by atoms with E-state index in [9.17, 15) is 9.59 Å². The number of hydrogen-bond acceptors (Lipinski definition) is 6. The Bertz CT molecular complexity index is 814. The molecule has 0 spiro atoms. The topological polar surface area (TPSA) is 85.9 Å². The Morgan fingerprint density at radius 3 is 2.45 bits per heavy atom. The van der Waals surface area contributed by atoms with Crippen LogP contribution in [0.15, 0.2) is 54.6 Å². The maximum atomic E-state index is 12.0. The van der Waals surface area contributed by atoms with Crippen molar-refractivity contribution in [1.82, 2.24) is 5.32 Å². The van der Waals surface area contributed by atoms with Crippen LogP contribution >= 0.6 is 12.2 Å². The Hall–Kier alpha value is -2.97. The van der Waals surface area contributed by atoms with Crippen molar-refractivity contribution in [1.29, 1.82) is 0 Å². The molecule has 2 N–H and O–H groups in total. The molecular formula is C21H24N2O5S. The van der Waals surface area contributed by atoms with Crippen molar-refractivity contribution >= 4 is 34.9 Å². The number of ether oxygens (including phenoxy) is 3. The summed E-state index contributed by atoms with van der Waals surface area (Å²) in [4.78, 5) is 23.5. The SMILES string of the molecule is COCCOC(=O)CCC(=O)NC(=S)Nc1ccccc1OCc1ccccc1. The molecule has 0 aliphatic rings. The summed E-state index contributed by atoms with van der Waals surface area (Å²) < 4.78 is 15.5. The van der Waals surface area contributed by atoms with Crippen LogP contribution in [0.5, 0.6) is 5.75 Å². The van der Waals surface area contributed by atoms with Crippen LogP contribution in [0.3, 0.4) is 0 Å². The number of anilines is 1. The number of nitrogens with one attached hydrogen (secondary N) is 2. The second kappa shape index (κ2) is 12.5. The average Bonchev–Trinajstić information content (AvgIpc) is 2.72. The molecule has 0 bridgehead atoms. The van der Waals surface area contributed by atoms with E-state index in [-0.39, 0.29) is 30.5 Å². The Morgan fingerprint density at radius 2 is 1.69 bits per heavy atom. The van der Waals surface area contributed by atoms with Crippen LogP contribution in [0, 0.1) is 0 Å². The van der Waals surface area contributed by atoms with E-state index in [0.29, 0.717) is 24.7 Å². The second-order valence-electron chi connectivity index (χ2n) is 5.99. The van der Waals surface area contributed by atoms with Gasteiger partial charge >= 0.3 is 5.97 Å². The Labute approximate surface area is 175 Å². The zero-order chi connectivity index (χ0) is 20.9. The van der Waals surface area contributed by atoms with E-state index in [1.54, 1.807) is 6.07 Å². The number of benzene rings is 2. The molecule has 0 aliphatic heterocycles. The number of amides is 1. The summed E-state index contributed by atoms with van der Waals surface area (Å²) in [6, 6.07) is 17.1. The molecule has 0 fully saturated rings. The van der Waals surface area contributed by atoms with Crippen molar-refractivity contribution in [3.63, 3.8) is 0 Å². The number of hydrogen-bond donors (Lipinski definition) is 2. The fraction of sp³-hybridized carbons (Fsp3) is 0.286. The smallest absolute Gasteiger partial charge is 0.306 e. The molecule has 0 saturated heterocycles. The average molecular weight is 416 g/mol.